The molecule has 1 aromatic rings. The van der Waals surface area contributed by atoms with Gasteiger partial charge < -0.3 is 25.1 Å². The van der Waals surface area contributed by atoms with Crippen LogP contribution in [0.4, 0.5) is 26.3 Å². The van der Waals surface area contributed by atoms with Crippen LogP contribution in [0.15, 0.2) is 24.3 Å². The summed E-state index contributed by atoms with van der Waals surface area (Å²) in [6.07, 6.45) is -4.66. The minimum absolute atomic E-state index is 0.0612. The number of hydrogen-bond donors (Lipinski definition) is 3. The molecule has 1 spiro atoms. The smallest absolute Gasteiger partial charge is 0.490 e. The van der Waals surface area contributed by atoms with Gasteiger partial charge in [-0.15, -0.1) is 0 Å². The number of halogens is 6. The van der Waals surface area contributed by atoms with Crippen LogP contribution in [0.2, 0.25) is 0 Å². The van der Waals surface area contributed by atoms with Gasteiger partial charge >= 0.3 is 24.3 Å². The minimum atomic E-state index is -5.08. The van der Waals surface area contributed by atoms with Gasteiger partial charge in [-0.1, -0.05) is 12.1 Å². The summed E-state index contributed by atoms with van der Waals surface area (Å²) in [7, 11) is 3.61. The third-order valence-electron chi connectivity index (χ3n) is 6.59. The number of hydrogen-bond acceptors (Lipinski definition) is 6. The summed E-state index contributed by atoms with van der Waals surface area (Å²) >= 11 is 0. The van der Waals surface area contributed by atoms with Crippen molar-refractivity contribution < 1.29 is 60.8 Å². The molecule has 0 aliphatic carbocycles. The molecule has 2 aliphatic rings. The fraction of sp³-hybridized carbons (Fsp3) is 0.600. The average Bonchev–Trinajstić information content (AvgIpc) is 3.08. The molecule has 0 radical (unpaired) electrons. The molecule has 232 valence electrons. The van der Waals surface area contributed by atoms with E-state index in [1.807, 2.05) is 11.0 Å². The summed E-state index contributed by atoms with van der Waals surface area (Å²) in [5, 5.41) is 23.8. The number of likely N-dealkylation sites (N-methyl/N-ethyl adjacent to an activating group) is 1. The topological polar surface area (TPSA) is 139 Å². The Morgan fingerprint density at radius 1 is 0.878 bits per heavy atom. The Morgan fingerprint density at radius 2 is 1.39 bits per heavy atom. The average molecular weight is 602 g/mol. The molecule has 41 heavy (non-hydrogen) atoms. The number of phenols is 1. The molecule has 0 aromatic heterocycles. The molecule has 10 nitrogen and oxygen atoms in total. The standard InChI is InChI=1S/C21H31N3O3.2C2HF3O2/c1-22(2)20(27)16-24-12-5-9-21(24)8-4-11-23(13-10-21)19(26)15-17-6-3-7-18(25)14-17;2*3-2(4,5)1(6)7/h3,6-7,14,25H,4-5,8-13,15-16H2,1-2H3;2*(H,6,7). The lowest BCUT2D eigenvalue weighted by Gasteiger charge is -2.38. The van der Waals surface area contributed by atoms with Crippen molar-refractivity contribution >= 4 is 23.8 Å². The van der Waals surface area contributed by atoms with Gasteiger partial charge in [0.2, 0.25) is 11.8 Å². The van der Waals surface area contributed by atoms with Gasteiger partial charge in [0, 0.05) is 32.7 Å². The zero-order valence-corrected chi connectivity index (χ0v) is 22.5. The first-order chi connectivity index (χ1) is 18.8. The monoisotopic (exact) mass is 601 g/mol. The maximum absolute atomic E-state index is 12.8. The van der Waals surface area contributed by atoms with E-state index in [-0.39, 0.29) is 23.1 Å². The Morgan fingerprint density at radius 3 is 1.85 bits per heavy atom. The van der Waals surface area contributed by atoms with E-state index >= 15 is 0 Å². The van der Waals surface area contributed by atoms with Crippen LogP contribution in [0.25, 0.3) is 0 Å². The normalized spacial score (nSPS) is 19.3. The number of carboxylic acids is 2. The molecule has 0 bridgehead atoms. The van der Waals surface area contributed by atoms with Crippen LogP contribution < -0.4 is 0 Å². The predicted octanol–water partition coefficient (Wildman–Crippen LogP) is 3.14. The van der Waals surface area contributed by atoms with Crippen molar-refractivity contribution in [3.05, 3.63) is 29.8 Å². The second-order valence-corrected chi connectivity index (χ2v) is 9.72. The molecule has 0 saturated carbocycles. The number of amides is 2. The van der Waals surface area contributed by atoms with Crippen molar-refractivity contribution in [2.24, 2.45) is 0 Å². The van der Waals surface area contributed by atoms with Crippen LogP contribution in [0.3, 0.4) is 0 Å². The molecule has 1 aromatic carbocycles. The van der Waals surface area contributed by atoms with E-state index in [1.165, 1.54) is 0 Å². The van der Waals surface area contributed by atoms with E-state index in [2.05, 4.69) is 4.90 Å². The number of aromatic hydroxyl groups is 1. The van der Waals surface area contributed by atoms with Crippen LogP contribution in [0.5, 0.6) is 5.75 Å². The van der Waals surface area contributed by atoms with Crippen LogP contribution in [0.1, 0.15) is 37.7 Å². The summed E-state index contributed by atoms with van der Waals surface area (Å²) in [6.45, 7) is 2.96. The highest BCUT2D eigenvalue weighted by Gasteiger charge is 2.43. The number of carbonyl (C=O) groups is 4. The molecule has 1 unspecified atom stereocenters. The Hall–Kier alpha value is -3.56. The molecule has 2 aliphatic heterocycles. The summed E-state index contributed by atoms with van der Waals surface area (Å²) in [6, 6.07) is 6.92. The summed E-state index contributed by atoms with van der Waals surface area (Å²) in [5.41, 5.74) is 0.907. The van der Waals surface area contributed by atoms with Crippen LogP contribution in [0, 0.1) is 0 Å². The maximum atomic E-state index is 12.8. The molecule has 2 fully saturated rings. The van der Waals surface area contributed by atoms with E-state index in [1.54, 1.807) is 37.2 Å². The van der Waals surface area contributed by atoms with Crippen molar-refractivity contribution in [2.75, 3.05) is 40.3 Å². The Balaban J connectivity index is 0.000000497. The lowest BCUT2D eigenvalue weighted by molar-refractivity contribution is -0.193. The SMILES string of the molecule is CN(C)C(=O)CN1CCCC12CCCN(C(=O)Cc1cccc(O)c1)CC2.O=C(O)C(F)(F)F.O=C(O)C(F)(F)F. The number of phenolic OH excluding ortho intramolecular Hbond substituents is 1. The van der Waals surface area contributed by atoms with Gasteiger partial charge in [-0.2, -0.15) is 26.3 Å². The first-order valence-corrected chi connectivity index (χ1v) is 12.4. The number of nitrogens with zero attached hydrogens (tertiary/aromatic N) is 3. The molecule has 16 heteroatoms. The van der Waals surface area contributed by atoms with Gasteiger partial charge in [0.15, 0.2) is 0 Å². The largest absolute Gasteiger partial charge is 0.508 e. The van der Waals surface area contributed by atoms with Gasteiger partial charge in [-0.05, 0) is 56.3 Å². The fourth-order valence-corrected chi connectivity index (χ4v) is 4.49. The zero-order chi connectivity index (χ0) is 31.6. The number of carbonyl (C=O) groups excluding carboxylic acids is 2. The van der Waals surface area contributed by atoms with E-state index in [0.29, 0.717) is 13.0 Å². The number of aliphatic carboxylic acids is 2. The highest BCUT2D eigenvalue weighted by molar-refractivity contribution is 5.79. The first kappa shape index (κ1) is 35.5. The maximum Gasteiger partial charge on any atom is 0.490 e. The van der Waals surface area contributed by atoms with Gasteiger partial charge in [0.05, 0.1) is 13.0 Å². The third-order valence-corrected chi connectivity index (χ3v) is 6.59. The molecular formula is C25H33F6N3O7. The lowest BCUT2D eigenvalue weighted by atomic mass is 9.87. The van der Waals surface area contributed by atoms with Crippen molar-refractivity contribution in [1.29, 1.82) is 0 Å². The van der Waals surface area contributed by atoms with Crippen molar-refractivity contribution in [1.82, 2.24) is 14.7 Å². The van der Waals surface area contributed by atoms with E-state index in [4.69, 9.17) is 19.8 Å². The summed E-state index contributed by atoms with van der Waals surface area (Å²) in [4.78, 5) is 48.7. The van der Waals surface area contributed by atoms with Crippen LogP contribution >= 0.6 is 0 Å². The fourth-order valence-electron chi connectivity index (χ4n) is 4.49. The molecule has 1 atom stereocenters. The Bertz CT molecular complexity index is 1040. The molecular weight excluding hydrogens is 568 g/mol. The first-order valence-electron chi connectivity index (χ1n) is 12.4. The van der Waals surface area contributed by atoms with E-state index in [9.17, 15) is 41.0 Å². The van der Waals surface area contributed by atoms with E-state index < -0.39 is 24.3 Å². The lowest BCUT2D eigenvalue weighted by Crippen LogP contribution is -2.48. The van der Waals surface area contributed by atoms with Gasteiger partial charge in [-0.3, -0.25) is 14.5 Å². The third kappa shape index (κ3) is 11.8. The van der Waals surface area contributed by atoms with Crippen molar-refractivity contribution in [3.63, 3.8) is 0 Å². The molecule has 3 rings (SSSR count). The number of benzene rings is 1. The highest BCUT2D eigenvalue weighted by Crippen LogP contribution is 2.38. The number of carboxylic acid groups (broad SMARTS) is 2. The minimum Gasteiger partial charge on any atom is -0.508 e. The highest BCUT2D eigenvalue weighted by atomic mass is 19.4. The summed E-state index contributed by atoms with van der Waals surface area (Å²) < 4.78 is 63.5. The second kappa shape index (κ2) is 14.9. The Labute approximate surface area is 232 Å². The quantitative estimate of drug-likeness (QED) is 0.448. The summed E-state index contributed by atoms with van der Waals surface area (Å²) in [5.74, 6) is -5.05. The number of likely N-dealkylation sites (tertiary alicyclic amines) is 2. The van der Waals surface area contributed by atoms with Gasteiger partial charge in [0.1, 0.15) is 5.75 Å². The number of rotatable bonds is 4. The molecule has 2 amide bonds. The van der Waals surface area contributed by atoms with Crippen LogP contribution in [-0.2, 0) is 25.6 Å². The van der Waals surface area contributed by atoms with E-state index in [0.717, 1.165) is 57.3 Å². The van der Waals surface area contributed by atoms with Gasteiger partial charge in [0.25, 0.3) is 0 Å². The second-order valence-electron chi connectivity index (χ2n) is 9.72. The number of alkyl halides is 6. The van der Waals surface area contributed by atoms with Gasteiger partial charge in [-0.25, -0.2) is 9.59 Å². The van der Waals surface area contributed by atoms with Crippen LogP contribution in [-0.4, -0.2) is 112 Å². The predicted molar refractivity (Wildman–Crippen MR) is 132 cm³/mol. The molecule has 2 saturated heterocycles. The van der Waals surface area contributed by atoms with Crippen molar-refractivity contribution in [3.8, 4) is 5.75 Å². The molecule has 2 heterocycles. The molecule has 3 N–H and O–H groups in total. The Kier molecular flexibility index (Phi) is 12.9. The van der Waals surface area contributed by atoms with Crippen molar-refractivity contribution in [2.45, 2.75) is 56.4 Å². The zero-order valence-electron chi connectivity index (χ0n) is 22.5.